The van der Waals surface area contributed by atoms with Gasteiger partial charge in [0.25, 0.3) is 5.91 Å². The average Bonchev–Trinajstić information content (AvgIpc) is 2.93. The van der Waals surface area contributed by atoms with Gasteiger partial charge in [-0.1, -0.05) is 16.8 Å². The minimum absolute atomic E-state index is 0.146. The second-order valence-electron chi connectivity index (χ2n) is 4.44. The lowest BCUT2D eigenvalue weighted by Gasteiger charge is -2.10. The maximum absolute atomic E-state index is 12.2. The van der Waals surface area contributed by atoms with E-state index < -0.39 is 5.91 Å². The molecule has 1 aromatic heterocycles. The van der Waals surface area contributed by atoms with E-state index in [2.05, 4.69) is 15.8 Å². The average molecular weight is 333 g/mol. The topological polar surface area (TPSA) is 100 Å². The summed E-state index contributed by atoms with van der Waals surface area (Å²) < 4.78 is 10.0. The fourth-order valence-electron chi connectivity index (χ4n) is 1.70. The molecule has 118 valence electrons. The molecule has 0 saturated heterocycles. The zero-order valence-electron chi connectivity index (χ0n) is 12.4. The summed E-state index contributed by atoms with van der Waals surface area (Å²) in [5, 5.41) is 18.5. The van der Waals surface area contributed by atoms with Gasteiger partial charge in [0, 0.05) is 17.3 Å². The van der Waals surface area contributed by atoms with Crippen molar-refractivity contribution in [1.82, 2.24) is 5.16 Å². The molecular weight excluding hydrogens is 320 g/mol. The Balaban J connectivity index is 2.14. The molecule has 23 heavy (non-hydrogen) atoms. The molecule has 0 aliphatic heterocycles. The summed E-state index contributed by atoms with van der Waals surface area (Å²) in [6.07, 6.45) is 1.24. The predicted molar refractivity (Wildman–Crippen MR) is 85.2 cm³/mol. The second-order valence-corrected chi connectivity index (χ2v) is 4.87. The third-order valence-electron chi connectivity index (χ3n) is 2.77. The molecule has 8 heteroatoms. The van der Waals surface area contributed by atoms with Crippen LogP contribution in [-0.2, 0) is 4.79 Å². The molecule has 0 aliphatic rings. The van der Waals surface area contributed by atoms with Crippen molar-refractivity contribution in [1.29, 1.82) is 5.26 Å². The molecule has 0 atom stereocenters. The van der Waals surface area contributed by atoms with Crippen LogP contribution in [0.4, 0.5) is 11.5 Å². The lowest BCUT2D eigenvalue weighted by molar-refractivity contribution is -0.112. The monoisotopic (exact) mass is 332 g/mol. The third-order valence-corrected chi connectivity index (χ3v) is 3.00. The van der Waals surface area contributed by atoms with Gasteiger partial charge in [0.1, 0.15) is 23.2 Å². The Hall–Kier alpha value is -2.98. The number of aryl methyl sites for hydroxylation is 1. The van der Waals surface area contributed by atoms with Crippen LogP contribution in [0.15, 0.2) is 40.6 Å². The number of nitrogens with one attached hydrogen (secondary N) is 2. The van der Waals surface area contributed by atoms with Gasteiger partial charge in [-0.25, -0.2) is 0 Å². The van der Waals surface area contributed by atoms with E-state index in [0.717, 1.165) is 0 Å². The molecule has 2 aromatic rings. The normalized spacial score (nSPS) is 10.8. The number of ether oxygens (including phenoxy) is 1. The Morgan fingerprint density at radius 2 is 2.26 bits per heavy atom. The largest absolute Gasteiger partial charge is 0.495 e. The van der Waals surface area contributed by atoms with Gasteiger partial charge in [-0.3, -0.25) is 4.79 Å². The number of nitrogens with zero attached hydrogens (tertiary/aromatic N) is 2. The number of methoxy groups -OCH3 is 1. The highest BCUT2D eigenvalue weighted by Gasteiger charge is 2.13. The fraction of sp³-hybridized carbons (Fsp3) is 0.133. The first-order valence-electron chi connectivity index (χ1n) is 6.48. The Labute approximate surface area is 137 Å². The Morgan fingerprint density at radius 1 is 1.48 bits per heavy atom. The predicted octanol–water partition coefficient (Wildman–Crippen LogP) is 3.10. The number of hydrogen-bond acceptors (Lipinski definition) is 6. The van der Waals surface area contributed by atoms with Gasteiger partial charge < -0.3 is 19.9 Å². The summed E-state index contributed by atoms with van der Waals surface area (Å²) in [6.45, 7) is 1.73. The lowest BCUT2D eigenvalue weighted by atomic mass is 10.2. The summed E-state index contributed by atoms with van der Waals surface area (Å²) in [7, 11) is 1.47. The van der Waals surface area contributed by atoms with Crippen molar-refractivity contribution in [3.05, 3.63) is 46.8 Å². The molecule has 0 spiro atoms. The minimum Gasteiger partial charge on any atom is -0.495 e. The van der Waals surface area contributed by atoms with Gasteiger partial charge in [-0.2, -0.15) is 5.26 Å². The van der Waals surface area contributed by atoms with Gasteiger partial charge >= 0.3 is 0 Å². The molecule has 0 bridgehead atoms. The third kappa shape index (κ3) is 4.25. The molecule has 0 saturated carbocycles. The van der Waals surface area contributed by atoms with E-state index in [4.69, 9.17) is 26.1 Å². The minimum atomic E-state index is -0.610. The van der Waals surface area contributed by atoms with Crippen LogP contribution in [0.5, 0.6) is 5.75 Å². The fourth-order valence-corrected chi connectivity index (χ4v) is 1.87. The summed E-state index contributed by atoms with van der Waals surface area (Å²) in [4.78, 5) is 12.2. The number of halogens is 1. The molecule has 2 N–H and O–H groups in total. The highest BCUT2D eigenvalue weighted by molar-refractivity contribution is 6.31. The van der Waals surface area contributed by atoms with Gasteiger partial charge in [0.2, 0.25) is 0 Å². The first kappa shape index (κ1) is 16.4. The van der Waals surface area contributed by atoms with Crippen molar-refractivity contribution in [2.24, 2.45) is 0 Å². The maximum Gasteiger partial charge on any atom is 0.267 e. The molecule has 2 rings (SSSR count). The zero-order valence-corrected chi connectivity index (χ0v) is 13.1. The number of nitriles is 1. The van der Waals surface area contributed by atoms with E-state index in [1.54, 1.807) is 31.2 Å². The van der Waals surface area contributed by atoms with Gasteiger partial charge in [0.05, 0.1) is 12.8 Å². The molecule has 0 unspecified atom stereocenters. The first-order valence-corrected chi connectivity index (χ1v) is 6.86. The Kier molecular flexibility index (Phi) is 5.23. The number of rotatable bonds is 5. The summed E-state index contributed by atoms with van der Waals surface area (Å²) in [6, 6.07) is 8.21. The number of carbonyl (C=O) groups excluding carboxylic acids is 1. The molecule has 0 aliphatic carbocycles. The molecule has 1 heterocycles. The molecule has 0 fully saturated rings. The van der Waals surface area contributed by atoms with Crippen LogP contribution >= 0.6 is 11.6 Å². The van der Waals surface area contributed by atoms with Crippen molar-refractivity contribution in [2.75, 3.05) is 17.7 Å². The van der Waals surface area contributed by atoms with Crippen LogP contribution in [0.1, 0.15) is 5.76 Å². The zero-order chi connectivity index (χ0) is 16.8. The van der Waals surface area contributed by atoms with E-state index in [-0.39, 0.29) is 5.57 Å². The van der Waals surface area contributed by atoms with Crippen LogP contribution in [-0.4, -0.2) is 18.2 Å². The number of amides is 1. The highest BCUT2D eigenvalue weighted by atomic mass is 35.5. The van der Waals surface area contributed by atoms with Crippen LogP contribution in [0.25, 0.3) is 0 Å². The summed E-state index contributed by atoms with van der Waals surface area (Å²) in [5.74, 6) is 0.816. The molecular formula is C15H13ClN4O3. The lowest BCUT2D eigenvalue weighted by Crippen LogP contribution is -2.15. The smallest absolute Gasteiger partial charge is 0.267 e. The molecule has 0 radical (unpaired) electrons. The number of hydrogen-bond donors (Lipinski definition) is 2. The first-order chi connectivity index (χ1) is 11.0. The van der Waals surface area contributed by atoms with Crippen molar-refractivity contribution < 1.29 is 14.1 Å². The number of anilines is 2. The van der Waals surface area contributed by atoms with E-state index in [0.29, 0.717) is 28.0 Å². The van der Waals surface area contributed by atoms with E-state index in [9.17, 15) is 4.79 Å². The Bertz CT molecular complexity index is 792. The molecule has 1 aromatic carbocycles. The highest BCUT2D eigenvalue weighted by Crippen LogP contribution is 2.28. The molecule has 1 amide bonds. The van der Waals surface area contributed by atoms with Crippen LogP contribution in [0.3, 0.4) is 0 Å². The number of carbonyl (C=O) groups is 1. The maximum atomic E-state index is 12.2. The Morgan fingerprint density at radius 3 is 2.87 bits per heavy atom. The second kappa shape index (κ2) is 7.33. The van der Waals surface area contributed by atoms with E-state index in [1.165, 1.54) is 19.4 Å². The van der Waals surface area contributed by atoms with Crippen LogP contribution in [0, 0.1) is 18.3 Å². The van der Waals surface area contributed by atoms with Crippen LogP contribution in [0.2, 0.25) is 5.02 Å². The number of benzene rings is 1. The van der Waals surface area contributed by atoms with E-state index in [1.807, 2.05) is 0 Å². The van der Waals surface area contributed by atoms with Crippen molar-refractivity contribution >= 4 is 29.0 Å². The van der Waals surface area contributed by atoms with Crippen LogP contribution < -0.4 is 15.4 Å². The van der Waals surface area contributed by atoms with E-state index >= 15 is 0 Å². The van der Waals surface area contributed by atoms with Crippen molar-refractivity contribution in [3.8, 4) is 11.8 Å². The SMILES string of the molecule is COc1ccc(Cl)cc1NC(=O)/C(C#N)=C\Nc1cc(C)on1. The standard InChI is InChI=1S/C15H13ClN4O3/c1-9-5-14(20-23-9)18-8-10(7-17)15(21)19-12-6-11(16)3-4-13(12)22-2/h3-6,8H,1-2H3,(H,18,20)(H,19,21)/b10-8-. The quantitative estimate of drug-likeness (QED) is 0.644. The van der Waals surface area contributed by atoms with Gasteiger partial charge in [0.15, 0.2) is 5.82 Å². The number of aromatic nitrogens is 1. The summed E-state index contributed by atoms with van der Waals surface area (Å²) in [5.41, 5.74) is 0.219. The summed E-state index contributed by atoms with van der Waals surface area (Å²) >= 11 is 5.90. The van der Waals surface area contributed by atoms with Crippen molar-refractivity contribution in [2.45, 2.75) is 6.92 Å². The van der Waals surface area contributed by atoms with Gasteiger partial charge in [-0.15, -0.1) is 0 Å². The van der Waals surface area contributed by atoms with Gasteiger partial charge in [-0.05, 0) is 25.1 Å². The molecule has 7 nitrogen and oxygen atoms in total. The van der Waals surface area contributed by atoms with Crippen molar-refractivity contribution in [3.63, 3.8) is 0 Å².